The van der Waals surface area contributed by atoms with Crippen molar-refractivity contribution >= 4 is 23.5 Å². The first-order valence-electron chi connectivity index (χ1n) is 15.9. The maximum absolute atomic E-state index is 15.4. The molecule has 0 spiro atoms. The van der Waals surface area contributed by atoms with Gasteiger partial charge in [-0.15, -0.1) is 0 Å². The third-order valence-corrected chi connectivity index (χ3v) is 10.5. The van der Waals surface area contributed by atoms with E-state index >= 15 is 8.78 Å². The number of nitrogens with zero attached hydrogens (tertiary/aromatic N) is 3. The Labute approximate surface area is 263 Å². The predicted octanol–water partition coefficient (Wildman–Crippen LogP) is 4.62. The van der Waals surface area contributed by atoms with Gasteiger partial charge in [-0.1, -0.05) is 29.8 Å². The van der Waals surface area contributed by atoms with E-state index in [-0.39, 0.29) is 35.9 Å². The van der Waals surface area contributed by atoms with Gasteiger partial charge in [-0.2, -0.15) is 0 Å². The Balaban J connectivity index is 1.19. The third-order valence-electron chi connectivity index (χ3n) is 10.3. The summed E-state index contributed by atoms with van der Waals surface area (Å²) in [6, 6.07) is 7.98. The number of aryl methyl sites for hydroxylation is 1. The van der Waals surface area contributed by atoms with Crippen molar-refractivity contribution in [2.24, 2.45) is 5.92 Å². The lowest BCUT2D eigenvalue weighted by Crippen LogP contribution is -2.59. The van der Waals surface area contributed by atoms with Gasteiger partial charge < -0.3 is 14.4 Å². The lowest BCUT2D eigenvalue weighted by atomic mass is 9.87. The van der Waals surface area contributed by atoms with E-state index in [2.05, 4.69) is 4.90 Å². The number of esters is 1. The molecule has 0 saturated carbocycles. The summed E-state index contributed by atoms with van der Waals surface area (Å²) in [6.45, 7) is 5.86. The molecule has 0 unspecified atom stereocenters. The Kier molecular flexibility index (Phi) is 9.57. The molecular weight excluding hydrogens is 588 g/mol. The van der Waals surface area contributed by atoms with Crippen LogP contribution in [0, 0.1) is 17.6 Å². The number of carbonyl (C=O) groups is 2. The van der Waals surface area contributed by atoms with Crippen molar-refractivity contribution in [3.8, 4) is 0 Å². The van der Waals surface area contributed by atoms with Crippen LogP contribution in [0.2, 0.25) is 5.02 Å². The highest BCUT2D eigenvalue weighted by atomic mass is 35.5. The summed E-state index contributed by atoms with van der Waals surface area (Å²) in [5.74, 6) is -1.68. The fourth-order valence-corrected chi connectivity index (χ4v) is 8.05. The van der Waals surface area contributed by atoms with E-state index in [0.29, 0.717) is 68.1 Å². The standard InChI is InChI=1S/C34H42ClF2N3O4/c1-21-18-38(31(34(42)43-2)16-23-7-6-22-4-3-5-26(22)32(23)37)12-13-40(21)33(41)29-20-39(25-10-14-44-15-11-25)19-28(29)27-9-8-24(35)17-30(27)36/h6-9,17,21,25,28-29,31H,3-5,10-16,18-20H2,1-2H3/t21-,28-,29+,31-/m0/s1. The fraction of sp³-hybridized carbons (Fsp3) is 0.588. The second-order valence-electron chi connectivity index (χ2n) is 12.8. The number of fused-ring (bicyclic) bond motifs is 1. The Morgan fingerprint density at radius 3 is 2.59 bits per heavy atom. The molecule has 0 radical (unpaired) electrons. The van der Waals surface area contributed by atoms with E-state index in [0.717, 1.165) is 43.2 Å². The lowest BCUT2D eigenvalue weighted by Gasteiger charge is -2.43. The maximum atomic E-state index is 15.4. The van der Waals surface area contributed by atoms with Crippen molar-refractivity contribution < 1.29 is 27.8 Å². The summed E-state index contributed by atoms with van der Waals surface area (Å²) in [5, 5.41) is 0.332. The van der Waals surface area contributed by atoms with Gasteiger partial charge in [0.2, 0.25) is 5.91 Å². The Bertz CT molecular complexity index is 1390. The van der Waals surface area contributed by atoms with E-state index in [4.69, 9.17) is 21.1 Å². The van der Waals surface area contributed by atoms with Crippen LogP contribution in [0.5, 0.6) is 0 Å². The molecule has 2 aromatic rings. The molecule has 4 aliphatic rings. The molecule has 3 aliphatic heterocycles. The first-order valence-corrected chi connectivity index (χ1v) is 16.3. The van der Waals surface area contributed by atoms with Gasteiger partial charge in [-0.05, 0) is 73.4 Å². The van der Waals surface area contributed by atoms with Crippen LogP contribution >= 0.6 is 11.6 Å². The number of halogens is 3. The van der Waals surface area contributed by atoms with E-state index in [1.54, 1.807) is 18.2 Å². The smallest absolute Gasteiger partial charge is 0.323 e. The highest BCUT2D eigenvalue weighted by Crippen LogP contribution is 2.39. The first kappa shape index (κ1) is 31.4. The summed E-state index contributed by atoms with van der Waals surface area (Å²) in [6.07, 6.45) is 4.57. The predicted molar refractivity (Wildman–Crippen MR) is 164 cm³/mol. The Morgan fingerprint density at radius 1 is 1.07 bits per heavy atom. The van der Waals surface area contributed by atoms with Crippen molar-refractivity contribution in [2.45, 2.75) is 69.5 Å². The summed E-state index contributed by atoms with van der Waals surface area (Å²) >= 11 is 6.07. The van der Waals surface area contributed by atoms with Crippen molar-refractivity contribution in [1.82, 2.24) is 14.7 Å². The normalized spacial score (nSPS) is 25.7. The van der Waals surface area contributed by atoms with Crippen LogP contribution in [-0.2, 0) is 38.3 Å². The quantitative estimate of drug-likeness (QED) is 0.417. The van der Waals surface area contributed by atoms with Crippen molar-refractivity contribution in [2.75, 3.05) is 53.0 Å². The average molecular weight is 630 g/mol. The van der Waals surface area contributed by atoms with Gasteiger partial charge in [0.1, 0.15) is 17.7 Å². The molecule has 1 aliphatic carbocycles. The second kappa shape index (κ2) is 13.4. The van der Waals surface area contributed by atoms with Crippen molar-refractivity contribution in [3.63, 3.8) is 0 Å². The molecule has 6 rings (SSSR count). The van der Waals surface area contributed by atoms with Crippen LogP contribution in [0.3, 0.4) is 0 Å². The van der Waals surface area contributed by atoms with Gasteiger partial charge in [0, 0.05) is 75.4 Å². The number of rotatable bonds is 7. The van der Waals surface area contributed by atoms with Crippen LogP contribution in [0.15, 0.2) is 30.3 Å². The zero-order valence-corrected chi connectivity index (χ0v) is 26.3. The van der Waals surface area contributed by atoms with E-state index in [1.807, 2.05) is 22.8 Å². The molecule has 10 heteroatoms. The van der Waals surface area contributed by atoms with Gasteiger partial charge in [0.05, 0.1) is 13.0 Å². The van der Waals surface area contributed by atoms with Crippen molar-refractivity contribution in [1.29, 1.82) is 0 Å². The topological polar surface area (TPSA) is 62.3 Å². The molecule has 1 amide bonds. The summed E-state index contributed by atoms with van der Waals surface area (Å²) in [4.78, 5) is 33.5. The average Bonchev–Trinajstić information content (AvgIpc) is 3.69. The largest absolute Gasteiger partial charge is 0.468 e. The molecule has 0 bridgehead atoms. The van der Waals surface area contributed by atoms with E-state index < -0.39 is 17.9 Å². The van der Waals surface area contributed by atoms with Crippen LogP contribution < -0.4 is 0 Å². The molecule has 2 aromatic carbocycles. The number of ether oxygens (including phenoxy) is 2. The molecular formula is C34H42ClF2N3O4. The molecule has 3 heterocycles. The summed E-state index contributed by atoms with van der Waals surface area (Å²) < 4.78 is 41.4. The lowest BCUT2D eigenvalue weighted by molar-refractivity contribution is -0.150. The van der Waals surface area contributed by atoms with E-state index in [1.165, 1.54) is 13.2 Å². The van der Waals surface area contributed by atoms with Gasteiger partial charge in [0.25, 0.3) is 0 Å². The Hall–Kier alpha value is -2.59. The number of piperazine rings is 1. The van der Waals surface area contributed by atoms with Gasteiger partial charge in [-0.3, -0.25) is 19.4 Å². The first-order chi connectivity index (χ1) is 21.2. The number of methoxy groups -OCH3 is 1. The fourth-order valence-electron chi connectivity index (χ4n) is 7.89. The maximum Gasteiger partial charge on any atom is 0.323 e. The molecule has 0 N–H and O–H groups in total. The van der Waals surface area contributed by atoms with Crippen LogP contribution in [-0.4, -0.2) is 97.7 Å². The minimum atomic E-state index is -0.653. The van der Waals surface area contributed by atoms with Gasteiger partial charge in [0.15, 0.2) is 0 Å². The minimum Gasteiger partial charge on any atom is -0.468 e. The summed E-state index contributed by atoms with van der Waals surface area (Å²) in [7, 11) is 1.36. The van der Waals surface area contributed by atoms with E-state index in [9.17, 15) is 9.59 Å². The number of likely N-dealkylation sites (tertiary alicyclic amines) is 1. The molecule has 4 atom stereocenters. The van der Waals surface area contributed by atoms with Gasteiger partial charge in [-0.25, -0.2) is 8.78 Å². The molecule has 3 saturated heterocycles. The number of hydrogen-bond acceptors (Lipinski definition) is 6. The van der Waals surface area contributed by atoms with Crippen LogP contribution in [0.1, 0.15) is 54.4 Å². The Morgan fingerprint density at radius 2 is 1.86 bits per heavy atom. The van der Waals surface area contributed by atoms with Gasteiger partial charge >= 0.3 is 5.97 Å². The molecule has 238 valence electrons. The zero-order chi connectivity index (χ0) is 31.0. The number of carbonyl (C=O) groups excluding carboxylic acids is 2. The zero-order valence-electron chi connectivity index (χ0n) is 25.6. The monoisotopic (exact) mass is 629 g/mol. The molecule has 3 fully saturated rings. The van der Waals surface area contributed by atoms with Crippen LogP contribution in [0.25, 0.3) is 0 Å². The SMILES string of the molecule is COC(=O)[C@H](Cc1ccc2c(c1F)CCC2)N1CCN(C(=O)[C@@H]2CN(C3CCOCC3)C[C@H]2c2ccc(Cl)cc2F)[C@@H](C)C1. The minimum absolute atomic E-state index is 0.00495. The molecule has 0 aromatic heterocycles. The molecule has 7 nitrogen and oxygen atoms in total. The highest BCUT2D eigenvalue weighted by molar-refractivity contribution is 6.30. The number of benzene rings is 2. The molecule has 44 heavy (non-hydrogen) atoms. The third kappa shape index (κ3) is 6.26. The van der Waals surface area contributed by atoms with Crippen molar-refractivity contribution in [3.05, 3.63) is 69.2 Å². The number of hydrogen-bond donors (Lipinski definition) is 0. The highest BCUT2D eigenvalue weighted by Gasteiger charge is 2.45. The second-order valence-corrected chi connectivity index (χ2v) is 13.3. The summed E-state index contributed by atoms with van der Waals surface area (Å²) in [5.41, 5.74) is 2.88. The van der Waals surface area contributed by atoms with Crippen LogP contribution in [0.4, 0.5) is 8.78 Å². The number of amides is 1.